The highest BCUT2D eigenvalue weighted by atomic mass is 16.1. The average Bonchev–Trinajstić information content (AvgIpc) is 2.17. The van der Waals surface area contributed by atoms with Crippen molar-refractivity contribution in [3.8, 4) is 0 Å². The summed E-state index contributed by atoms with van der Waals surface area (Å²) in [4.78, 5) is 12.8. The number of allylic oxidation sites excluding steroid dienone is 1. The number of rotatable bonds is 2. The fraction of sp³-hybridized carbons (Fsp3) is 0.200. The second kappa shape index (κ2) is 2.30. The van der Waals surface area contributed by atoms with Crippen molar-refractivity contribution in [3.05, 3.63) is 29.0 Å². The first kappa shape index (κ1) is 5.81. The minimum absolute atomic E-state index is 0.271. The largest absolute Gasteiger partial charge is 0.340 e. The van der Waals surface area contributed by atoms with Crippen molar-refractivity contribution < 1.29 is 0 Å². The molecular formula is C5H7N3O. The van der Waals surface area contributed by atoms with E-state index in [9.17, 15) is 4.79 Å². The van der Waals surface area contributed by atoms with E-state index in [2.05, 4.69) is 21.8 Å². The lowest BCUT2D eigenvalue weighted by Crippen LogP contribution is -2.00. The van der Waals surface area contributed by atoms with Crippen molar-refractivity contribution >= 4 is 0 Å². The van der Waals surface area contributed by atoms with E-state index in [1.807, 2.05) is 0 Å². The van der Waals surface area contributed by atoms with E-state index in [1.54, 1.807) is 6.08 Å². The molecule has 0 aliphatic heterocycles. The Balaban J connectivity index is 2.84. The van der Waals surface area contributed by atoms with Gasteiger partial charge in [0.15, 0.2) is 0 Å². The Morgan fingerprint density at radius 2 is 2.56 bits per heavy atom. The van der Waals surface area contributed by atoms with Gasteiger partial charge in [-0.3, -0.25) is 4.98 Å². The third kappa shape index (κ3) is 1.28. The fourth-order valence-corrected chi connectivity index (χ4v) is 0.539. The molecule has 1 rings (SSSR count). The fourth-order valence-electron chi connectivity index (χ4n) is 0.539. The topological polar surface area (TPSA) is 61.5 Å². The van der Waals surface area contributed by atoms with Gasteiger partial charge in [-0.25, -0.2) is 9.89 Å². The molecule has 0 aliphatic carbocycles. The molecule has 0 bridgehead atoms. The molecular weight excluding hydrogens is 118 g/mol. The lowest BCUT2D eigenvalue weighted by atomic mass is 10.4. The van der Waals surface area contributed by atoms with Crippen LogP contribution in [0.2, 0.25) is 0 Å². The molecule has 0 amide bonds. The van der Waals surface area contributed by atoms with E-state index in [-0.39, 0.29) is 5.69 Å². The van der Waals surface area contributed by atoms with Gasteiger partial charge in [-0.1, -0.05) is 6.08 Å². The van der Waals surface area contributed by atoms with E-state index in [0.717, 1.165) is 0 Å². The monoisotopic (exact) mass is 125 g/mol. The summed E-state index contributed by atoms with van der Waals surface area (Å²) in [6.45, 7) is 3.49. The maximum atomic E-state index is 10.4. The van der Waals surface area contributed by atoms with E-state index in [0.29, 0.717) is 12.2 Å². The minimum atomic E-state index is -0.271. The van der Waals surface area contributed by atoms with Crippen molar-refractivity contribution in [1.29, 1.82) is 0 Å². The molecule has 4 nitrogen and oxygen atoms in total. The number of aromatic amines is 2. The molecule has 0 unspecified atom stereocenters. The second-order valence-corrected chi connectivity index (χ2v) is 1.62. The molecule has 0 saturated carbocycles. The maximum absolute atomic E-state index is 10.4. The number of nitrogens with one attached hydrogen (secondary N) is 2. The zero-order valence-electron chi connectivity index (χ0n) is 4.85. The van der Waals surface area contributed by atoms with Gasteiger partial charge in [0.2, 0.25) is 0 Å². The molecule has 0 spiro atoms. The Labute approximate surface area is 51.6 Å². The van der Waals surface area contributed by atoms with Gasteiger partial charge in [-0.15, -0.1) is 6.58 Å². The lowest BCUT2D eigenvalue weighted by molar-refractivity contribution is 0.987. The summed E-state index contributed by atoms with van der Waals surface area (Å²) >= 11 is 0. The highest BCUT2D eigenvalue weighted by molar-refractivity contribution is 4.88. The predicted octanol–water partition coefficient (Wildman–Crippen LogP) is -0.174. The van der Waals surface area contributed by atoms with E-state index in [1.165, 1.54) is 0 Å². The first-order chi connectivity index (χ1) is 4.33. The molecule has 0 saturated heterocycles. The van der Waals surface area contributed by atoms with Crippen molar-refractivity contribution in [2.75, 3.05) is 0 Å². The van der Waals surface area contributed by atoms with Crippen LogP contribution in [-0.2, 0) is 6.42 Å². The molecule has 0 radical (unpaired) electrons. The Morgan fingerprint density at radius 1 is 1.78 bits per heavy atom. The summed E-state index contributed by atoms with van der Waals surface area (Å²) in [6, 6.07) is 0. The van der Waals surface area contributed by atoms with Gasteiger partial charge in [0.25, 0.3) is 0 Å². The molecule has 0 fully saturated rings. The van der Waals surface area contributed by atoms with E-state index >= 15 is 0 Å². The molecule has 1 aromatic heterocycles. The van der Waals surface area contributed by atoms with Crippen LogP contribution < -0.4 is 5.69 Å². The molecule has 0 aromatic carbocycles. The highest BCUT2D eigenvalue weighted by Crippen LogP contribution is 1.82. The summed E-state index contributed by atoms with van der Waals surface area (Å²) in [5, 5.41) is 5.89. The number of hydrogen-bond acceptors (Lipinski definition) is 2. The summed E-state index contributed by atoms with van der Waals surface area (Å²) in [5.74, 6) is 0.620. The second-order valence-electron chi connectivity index (χ2n) is 1.62. The van der Waals surface area contributed by atoms with Crippen molar-refractivity contribution in [3.63, 3.8) is 0 Å². The van der Waals surface area contributed by atoms with Crippen LogP contribution in [0.3, 0.4) is 0 Å². The molecule has 1 heterocycles. The molecule has 48 valence electrons. The van der Waals surface area contributed by atoms with Crippen LogP contribution in [0.4, 0.5) is 0 Å². The third-order valence-electron chi connectivity index (χ3n) is 0.888. The standard InChI is InChI=1S/C5H7N3O/c1-2-3-4-6-5(9)8-7-4/h2H,1,3H2,(H2,6,7,8,9). The van der Waals surface area contributed by atoms with E-state index < -0.39 is 0 Å². The quantitative estimate of drug-likeness (QED) is 0.539. The van der Waals surface area contributed by atoms with Crippen molar-refractivity contribution in [2.45, 2.75) is 6.42 Å². The summed E-state index contributed by atoms with van der Waals surface area (Å²) in [5.41, 5.74) is -0.271. The first-order valence-electron chi connectivity index (χ1n) is 2.57. The predicted molar refractivity (Wildman–Crippen MR) is 33.1 cm³/mol. The van der Waals surface area contributed by atoms with Crippen LogP contribution in [-0.4, -0.2) is 15.2 Å². The number of hydrogen-bond donors (Lipinski definition) is 2. The molecule has 2 N–H and O–H groups in total. The zero-order valence-corrected chi connectivity index (χ0v) is 4.85. The Kier molecular flexibility index (Phi) is 1.48. The molecule has 0 aliphatic rings. The lowest BCUT2D eigenvalue weighted by Gasteiger charge is -1.79. The number of nitrogens with zero attached hydrogens (tertiary/aromatic N) is 1. The summed E-state index contributed by atoms with van der Waals surface area (Å²) < 4.78 is 0. The van der Waals surface area contributed by atoms with Gasteiger partial charge in [-0.2, -0.15) is 5.10 Å². The van der Waals surface area contributed by atoms with Crippen LogP contribution in [0.5, 0.6) is 0 Å². The molecule has 4 heteroatoms. The van der Waals surface area contributed by atoms with Crippen LogP contribution in [0, 0.1) is 0 Å². The molecule has 9 heavy (non-hydrogen) atoms. The number of aromatic nitrogens is 3. The van der Waals surface area contributed by atoms with Gasteiger partial charge in [-0.05, 0) is 0 Å². The normalized spacial score (nSPS) is 9.33. The van der Waals surface area contributed by atoms with Gasteiger partial charge in [0.05, 0.1) is 0 Å². The zero-order chi connectivity index (χ0) is 6.69. The average molecular weight is 125 g/mol. The third-order valence-corrected chi connectivity index (χ3v) is 0.888. The van der Waals surface area contributed by atoms with E-state index in [4.69, 9.17) is 0 Å². The first-order valence-corrected chi connectivity index (χ1v) is 2.57. The van der Waals surface area contributed by atoms with Gasteiger partial charge in [0.1, 0.15) is 5.82 Å². The van der Waals surface area contributed by atoms with Gasteiger partial charge < -0.3 is 0 Å². The van der Waals surface area contributed by atoms with Gasteiger partial charge >= 0.3 is 5.69 Å². The number of H-pyrrole nitrogens is 2. The van der Waals surface area contributed by atoms with Crippen LogP contribution in [0.15, 0.2) is 17.4 Å². The van der Waals surface area contributed by atoms with Crippen molar-refractivity contribution in [2.24, 2.45) is 0 Å². The van der Waals surface area contributed by atoms with Crippen LogP contribution in [0.25, 0.3) is 0 Å². The highest BCUT2D eigenvalue weighted by Gasteiger charge is 1.90. The van der Waals surface area contributed by atoms with Crippen LogP contribution in [0.1, 0.15) is 5.82 Å². The Bertz CT molecular complexity index is 247. The Hall–Kier alpha value is -1.32. The van der Waals surface area contributed by atoms with Crippen molar-refractivity contribution in [1.82, 2.24) is 15.2 Å². The Morgan fingerprint density at radius 3 is 3.00 bits per heavy atom. The van der Waals surface area contributed by atoms with Gasteiger partial charge in [0, 0.05) is 6.42 Å². The maximum Gasteiger partial charge on any atom is 0.340 e. The SMILES string of the molecule is C=CCc1n[nH]c(=O)[nH]1. The summed E-state index contributed by atoms with van der Waals surface area (Å²) in [7, 11) is 0. The van der Waals surface area contributed by atoms with Crippen LogP contribution >= 0.6 is 0 Å². The summed E-state index contributed by atoms with van der Waals surface area (Å²) in [6.07, 6.45) is 2.27. The smallest absolute Gasteiger partial charge is 0.293 e. The minimum Gasteiger partial charge on any atom is -0.293 e. The molecule has 0 atom stereocenters. The molecule has 1 aromatic rings.